The van der Waals surface area contributed by atoms with E-state index in [0.29, 0.717) is 5.56 Å². The molecule has 1 aliphatic heterocycles. The second-order valence-corrected chi connectivity index (χ2v) is 3.92. The number of rotatable bonds is 3. The fourth-order valence-corrected chi connectivity index (χ4v) is 1.74. The number of hydrogen-bond donors (Lipinski definition) is 0. The van der Waals surface area contributed by atoms with E-state index in [1.807, 2.05) is 6.07 Å². The van der Waals surface area contributed by atoms with Crippen LogP contribution in [0.5, 0.6) is 0 Å². The summed E-state index contributed by atoms with van der Waals surface area (Å²) in [4.78, 5) is 17.8. The molecular formula is C12H16N2O3. The lowest BCUT2D eigenvalue weighted by Gasteiger charge is -2.26. The molecule has 17 heavy (non-hydrogen) atoms. The number of nitrogens with zero attached hydrogens (tertiary/aromatic N) is 2. The van der Waals surface area contributed by atoms with Crippen LogP contribution in [-0.2, 0) is 16.0 Å². The van der Waals surface area contributed by atoms with Crippen molar-refractivity contribution in [2.24, 2.45) is 0 Å². The molecule has 92 valence electrons. The Hall–Kier alpha value is -1.46. The molecule has 0 N–H and O–H groups in total. The molecule has 1 aliphatic rings. The van der Waals surface area contributed by atoms with E-state index >= 15 is 0 Å². The molecule has 1 aromatic rings. The van der Waals surface area contributed by atoms with E-state index in [2.05, 4.69) is 14.6 Å². The van der Waals surface area contributed by atoms with Gasteiger partial charge < -0.3 is 9.47 Å². The summed E-state index contributed by atoms with van der Waals surface area (Å²) < 4.78 is 9.90. The summed E-state index contributed by atoms with van der Waals surface area (Å²) in [6.07, 6.45) is 1.56. The van der Waals surface area contributed by atoms with Gasteiger partial charge in [0.2, 0.25) is 0 Å². The fraction of sp³-hybridized carbons (Fsp3) is 0.500. The Kier molecular flexibility index (Phi) is 4.06. The zero-order valence-electron chi connectivity index (χ0n) is 9.89. The Bertz CT molecular complexity index is 372. The average Bonchev–Trinajstić information content (AvgIpc) is 2.40. The first-order chi connectivity index (χ1) is 8.29. The van der Waals surface area contributed by atoms with Crippen molar-refractivity contribution >= 4 is 5.97 Å². The van der Waals surface area contributed by atoms with Gasteiger partial charge in [0.1, 0.15) is 0 Å². The van der Waals surface area contributed by atoms with Crippen molar-refractivity contribution < 1.29 is 14.3 Å². The molecule has 0 atom stereocenters. The van der Waals surface area contributed by atoms with Gasteiger partial charge in [0.15, 0.2) is 0 Å². The van der Waals surface area contributed by atoms with Crippen LogP contribution >= 0.6 is 0 Å². The molecule has 1 aromatic heterocycles. The summed E-state index contributed by atoms with van der Waals surface area (Å²) in [6.45, 7) is 4.21. The van der Waals surface area contributed by atoms with Crippen LogP contribution in [0.4, 0.5) is 0 Å². The van der Waals surface area contributed by atoms with Crippen LogP contribution in [0, 0.1) is 0 Å². The van der Waals surface area contributed by atoms with E-state index < -0.39 is 0 Å². The van der Waals surface area contributed by atoms with Gasteiger partial charge in [-0.2, -0.15) is 0 Å². The maximum atomic E-state index is 11.2. The zero-order chi connectivity index (χ0) is 12.1. The minimum absolute atomic E-state index is 0.351. The van der Waals surface area contributed by atoms with Crippen LogP contribution in [0.25, 0.3) is 0 Å². The van der Waals surface area contributed by atoms with E-state index in [-0.39, 0.29) is 5.97 Å². The Morgan fingerprint density at radius 3 is 2.82 bits per heavy atom. The van der Waals surface area contributed by atoms with Crippen molar-refractivity contribution in [2.75, 3.05) is 33.4 Å². The summed E-state index contributed by atoms with van der Waals surface area (Å²) >= 11 is 0. The Balaban J connectivity index is 1.95. The molecule has 1 saturated heterocycles. The monoisotopic (exact) mass is 236 g/mol. The fourth-order valence-electron chi connectivity index (χ4n) is 1.74. The molecule has 2 heterocycles. The van der Waals surface area contributed by atoms with Crippen molar-refractivity contribution in [3.8, 4) is 0 Å². The van der Waals surface area contributed by atoms with E-state index in [9.17, 15) is 4.79 Å². The summed E-state index contributed by atoms with van der Waals surface area (Å²) in [5.74, 6) is -0.351. The van der Waals surface area contributed by atoms with Crippen LogP contribution in [0.2, 0.25) is 0 Å². The van der Waals surface area contributed by atoms with Gasteiger partial charge in [-0.3, -0.25) is 9.88 Å². The lowest BCUT2D eigenvalue weighted by atomic mass is 10.2. The van der Waals surface area contributed by atoms with E-state index in [1.165, 1.54) is 7.11 Å². The normalized spacial score (nSPS) is 16.8. The van der Waals surface area contributed by atoms with Gasteiger partial charge in [0.05, 0.1) is 31.6 Å². The molecule has 0 spiro atoms. The van der Waals surface area contributed by atoms with Crippen LogP contribution in [-0.4, -0.2) is 49.3 Å². The van der Waals surface area contributed by atoms with E-state index in [0.717, 1.165) is 38.5 Å². The number of morpholine rings is 1. The lowest BCUT2D eigenvalue weighted by molar-refractivity contribution is 0.0336. The van der Waals surface area contributed by atoms with Gasteiger partial charge in [-0.05, 0) is 12.1 Å². The first kappa shape index (κ1) is 12.0. The van der Waals surface area contributed by atoms with Gasteiger partial charge >= 0.3 is 5.97 Å². The van der Waals surface area contributed by atoms with Gasteiger partial charge in [0, 0.05) is 25.8 Å². The molecular weight excluding hydrogens is 220 g/mol. The molecule has 5 nitrogen and oxygen atoms in total. The summed E-state index contributed by atoms with van der Waals surface area (Å²) in [5.41, 5.74) is 1.44. The van der Waals surface area contributed by atoms with Crippen LogP contribution < -0.4 is 0 Å². The lowest BCUT2D eigenvalue weighted by Crippen LogP contribution is -2.35. The van der Waals surface area contributed by atoms with Crippen molar-refractivity contribution in [1.82, 2.24) is 9.88 Å². The van der Waals surface area contributed by atoms with Crippen LogP contribution in [0.15, 0.2) is 18.3 Å². The Morgan fingerprint density at radius 1 is 1.47 bits per heavy atom. The van der Waals surface area contributed by atoms with Gasteiger partial charge in [-0.25, -0.2) is 4.79 Å². The average molecular weight is 236 g/mol. The van der Waals surface area contributed by atoms with Gasteiger partial charge in [-0.1, -0.05) is 0 Å². The number of ether oxygens (including phenoxy) is 2. The third kappa shape index (κ3) is 3.25. The van der Waals surface area contributed by atoms with Crippen molar-refractivity contribution in [2.45, 2.75) is 6.54 Å². The number of carbonyl (C=O) groups is 1. The van der Waals surface area contributed by atoms with Crippen molar-refractivity contribution in [3.05, 3.63) is 29.6 Å². The number of hydrogen-bond acceptors (Lipinski definition) is 5. The third-order valence-corrected chi connectivity index (χ3v) is 2.74. The highest BCUT2D eigenvalue weighted by molar-refractivity contribution is 5.88. The molecule has 0 aromatic carbocycles. The number of aromatic nitrogens is 1. The van der Waals surface area contributed by atoms with Gasteiger partial charge in [0.25, 0.3) is 0 Å². The zero-order valence-corrected chi connectivity index (χ0v) is 9.89. The summed E-state index contributed by atoms with van der Waals surface area (Å²) in [5, 5.41) is 0. The second kappa shape index (κ2) is 5.75. The molecule has 0 amide bonds. The molecule has 1 fully saturated rings. The predicted molar refractivity (Wildman–Crippen MR) is 61.7 cm³/mol. The summed E-state index contributed by atoms with van der Waals surface area (Å²) in [6, 6.07) is 3.61. The molecule has 2 rings (SSSR count). The topological polar surface area (TPSA) is 51.7 Å². The number of esters is 1. The third-order valence-electron chi connectivity index (χ3n) is 2.74. The molecule has 0 radical (unpaired) electrons. The minimum Gasteiger partial charge on any atom is -0.465 e. The first-order valence-corrected chi connectivity index (χ1v) is 5.63. The minimum atomic E-state index is -0.351. The Labute approximate surface area is 100 Å². The maximum Gasteiger partial charge on any atom is 0.339 e. The molecule has 0 aliphatic carbocycles. The second-order valence-electron chi connectivity index (χ2n) is 3.92. The highest BCUT2D eigenvalue weighted by Gasteiger charge is 2.12. The molecule has 0 bridgehead atoms. The van der Waals surface area contributed by atoms with Crippen molar-refractivity contribution in [3.63, 3.8) is 0 Å². The highest BCUT2D eigenvalue weighted by Crippen LogP contribution is 2.06. The number of carbonyl (C=O) groups excluding carboxylic acids is 1. The van der Waals surface area contributed by atoms with E-state index in [4.69, 9.17) is 4.74 Å². The van der Waals surface area contributed by atoms with Crippen molar-refractivity contribution in [1.29, 1.82) is 0 Å². The number of pyridine rings is 1. The summed E-state index contributed by atoms with van der Waals surface area (Å²) in [7, 11) is 1.37. The quantitative estimate of drug-likeness (QED) is 0.723. The van der Waals surface area contributed by atoms with Crippen LogP contribution in [0.1, 0.15) is 16.1 Å². The molecule has 0 saturated carbocycles. The molecule has 0 unspecified atom stereocenters. The number of methoxy groups -OCH3 is 1. The maximum absolute atomic E-state index is 11.2. The highest BCUT2D eigenvalue weighted by atomic mass is 16.5. The smallest absolute Gasteiger partial charge is 0.339 e. The first-order valence-electron chi connectivity index (χ1n) is 5.63. The SMILES string of the molecule is COC(=O)c1ccc(CN2CCOCC2)nc1. The largest absolute Gasteiger partial charge is 0.465 e. The predicted octanol–water partition coefficient (Wildman–Crippen LogP) is 0.700. The molecule has 5 heteroatoms. The van der Waals surface area contributed by atoms with E-state index in [1.54, 1.807) is 12.3 Å². The van der Waals surface area contributed by atoms with Crippen LogP contribution in [0.3, 0.4) is 0 Å². The van der Waals surface area contributed by atoms with Gasteiger partial charge in [-0.15, -0.1) is 0 Å². The standard InChI is InChI=1S/C12H16N2O3/c1-16-12(15)10-2-3-11(13-8-10)9-14-4-6-17-7-5-14/h2-3,8H,4-7,9H2,1H3. The Morgan fingerprint density at radius 2 is 2.24 bits per heavy atom.